The zero-order valence-corrected chi connectivity index (χ0v) is 18.4. The summed E-state index contributed by atoms with van der Waals surface area (Å²) < 4.78 is 38.2. The average Bonchev–Trinajstić information content (AvgIpc) is 3.43. The van der Waals surface area contributed by atoms with Crippen LogP contribution in [0.5, 0.6) is 0 Å². The first-order valence-corrected chi connectivity index (χ1v) is 11.7. The van der Waals surface area contributed by atoms with Crippen LogP contribution in [0, 0.1) is 5.41 Å². The predicted molar refractivity (Wildman–Crippen MR) is 113 cm³/mol. The number of hydrogen-bond acceptors (Lipinski definition) is 4. The van der Waals surface area contributed by atoms with E-state index in [9.17, 15) is 33.0 Å². The average molecular weight is 467 g/mol. The summed E-state index contributed by atoms with van der Waals surface area (Å²) in [6.45, 7) is 0.801. The lowest BCUT2D eigenvalue weighted by Gasteiger charge is -2.43. The van der Waals surface area contributed by atoms with Crippen molar-refractivity contribution in [2.75, 3.05) is 18.0 Å². The molecule has 0 unspecified atom stereocenters. The number of anilines is 1. The minimum Gasteiger partial charge on any atom is -0.388 e. The second-order valence-electron chi connectivity index (χ2n) is 10.5. The maximum absolute atomic E-state index is 13.3. The SMILES string of the molecule is O=C1CCC2(CC2)N1CC1(O)CCC2(CCN(c3ccc([C@@H](O)C(F)(F)F)cc3)C2=O)CC1. The second-order valence-corrected chi connectivity index (χ2v) is 10.5. The van der Waals surface area contributed by atoms with E-state index >= 15 is 0 Å². The van der Waals surface area contributed by atoms with Crippen molar-refractivity contribution in [1.82, 2.24) is 4.90 Å². The van der Waals surface area contributed by atoms with Gasteiger partial charge < -0.3 is 20.0 Å². The van der Waals surface area contributed by atoms with Crippen molar-refractivity contribution in [1.29, 1.82) is 0 Å². The van der Waals surface area contributed by atoms with E-state index in [1.807, 2.05) is 4.90 Å². The molecule has 1 aromatic rings. The van der Waals surface area contributed by atoms with E-state index in [-0.39, 0.29) is 22.9 Å². The van der Waals surface area contributed by atoms with Gasteiger partial charge in [0.25, 0.3) is 0 Å². The number of aliphatic hydroxyl groups excluding tert-OH is 1. The Bertz CT molecular complexity index is 949. The first kappa shape index (κ1) is 22.7. The highest BCUT2D eigenvalue weighted by Crippen LogP contribution is 2.53. The van der Waals surface area contributed by atoms with E-state index in [1.165, 1.54) is 24.3 Å². The van der Waals surface area contributed by atoms with Crippen LogP contribution >= 0.6 is 0 Å². The van der Waals surface area contributed by atoms with Gasteiger partial charge in [-0.1, -0.05) is 12.1 Å². The molecule has 4 aliphatic rings. The van der Waals surface area contributed by atoms with Gasteiger partial charge in [-0.2, -0.15) is 13.2 Å². The maximum atomic E-state index is 13.3. The van der Waals surface area contributed by atoms with Gasteiger partial charge in [-0.15, -0.1) is 0 Å². The van der Waals surface area contributed by atoms with Crippen molar-refractivity contribution in [2.45, 2.75) is 81.2 Å². The number of carbonyl (C=O) groups is 2. The molecular weight excluding hydrogens is 437 g/mol. The van der Waals surface area contributed by atoms with Gasteiger partial charge in [0, 0.05) is 30.7 Å². The first-order valence-electron chi connectivity index (χ1n) is 11.7. The van der Waals surface area contributed by atoms with Crippen molar-refractivity contribution in [3.05, 3.63) is 29.8 Å². The number of hydrogen-bond donors (Lipinski definition) is 2. The van der Waals surface area contributed by atoms with Crippen LogP contribution in [0.4, 0.5) is 18.9 Å². The fourth-order valence-electron chi connectivity index (χ4n) is 6.00. The summed E-state index contributed by atoms with van der Waals surface area (Å²) >= 11 is 0. The Labute approximate surface area is 190 Å². The number of nitrogens with zero attached hydrogens (tertiary/aromatic N) is 2. The highest BCUT2D eigenvalue weighted by Gasteiger charge is 2.57. The molecule has 2 spiro atoms. The molecule has 33 heavy (non-hydrogen) atoms. The monoisotopic (exact) mass is 466 g/mol. The summed E-state index contributed by atoms with van der Waals surface area (Å²) in [6.07, 6.45) is -1.29. The minimum atomic E-state index is -4.74. The fourth-order valence-corrected chi connectivity index (χ4v) is 6.00. The normalized spacial score (nSPS) is 32.3. The molecule has 2 heterocycles. The van der Waals surface area contributed by atoms with Crippen molar-refractivity contribution in [3.63, 3.8) is 0 Å². The highest BCUT2D eigenvalue weighted by atomic mass is 19.4. The van der Waals surface area contributed by atoms with E-state index < -0.39 is 23.3 Å². The van der Waals surface area contributed by atoms with Gasteiger partial charge in [0.15, 0.2) is 6.10 Å². The van der Waals surface area contributed by atoms with Crippen molar-refractivity contribution in [2.24, 2.45) is 5.41 Å². The van der Waals surface area contributed by atoms with Crippen molar-refractivity contribution >= 4 is 17.5 Å². The molecular formula is C24H29F3N2O4. The van der Waals surface area contributed by atoms with Crippen LogP contribution < -0.4 is 4.90 Å². The molecule has 0 bridgehead atoms. The Kier molecular flexibility index (Phi) is 5.10. The standard InChI is InChI=1S/C24H29F3N2O4/c25-24(26,27)19(31)16-1-3-17(4-2-16)28-14-13-21(20(28)32)7-11-23(33,12-8-21)15-29-18(30)5-6-22(29)9-10-22/h1-4,19,31,33H,5-15H2/t19-,21?,23?/m1/s1. The van der Waals surface area contributed by atoms with Gasteiger partial charge in [0.1, 0.15) is 0 Å². The summed E-state index contributed by atoms with van der Waals surface area (Å²) in [5.74, 6) is 0.0491. The summed E-state index contributed by atoms with van der Waals surface area (Å²) in [5, 5.41) is 20.7. The molecule has 2 amide bonds. The Hall–Kier alpha value is -2.13. The fraction of sp³-hybridized carbons (Fsp3) is 0.667. The maximum Gasteiger partial charge on any atom is 0.418 e. The Morgan fingerprint density at radius 3 is 2.15 bits per heavy atom. The number of β-amino-alcohol motifs (C(OH)–C–C–N with tert-alkyl or cyclic N) is 1. The van der Waals surface area contributed by atoms with Crippen LogP contribution in [0.1, 0.15) is 69.5 Å². The molecule has 2 saturated heterocycles. The van der Waals surface area contributed by atoms with Crippen LogP contribution in [-0.4, -0.2) is 57.3 Å². The molecule has 0 aromatic heterocycles. The third-order valence-corrected chi connectivity index (χ3v) is 8.44. The zero-order chi connectivity index (χ0) is 23.6. The topological polar surface area (TPSA) is 81.1 Å². The quantitative estimate of drug-likeness (QED) is 0.712. The molecule has 2 N–H and O–H groups in total. The third-order valence-electron chi connectivity index (χ3n) is 8.44. The first-order chi connectivity index (χ1) is 15.5. The number of aliphatic hydroxyl groups is 2. The van der Waals surface area contributed by atoms with Crippen LogP contribution in [0.2, 0.25) is 0 Å². The van der Waals surface area contributed by atoms with Crippen molar-refractivity contribution in [3.8, 4) is 0 Å². The molecule has 4 fully saturated rings. The Morgan fingerprint density at radius 1 is 0.939 bits per heavy atom. The van der Waals surface area contributed by atoms with Crippen LogP contribution in [0.25, 0.3) is 0 Å². The van der Waals surface area contributed by atoms with Crippen LogP contribution in [0.15, 0.2) is 24.3 Å². The molecule has 6 nitrogen and oxygen atoms in total. The van der Waals surface area contributed by atoms with Gasteiger partial charge in [-0.3, -0.25) is 9.59 Å². The van der Waals surface area contributed by atoms with Crippen LogP contribution in [-0.2, 0) is 9.59 Å². The third kappa shape index (κ3) is 3.83. The zero-order valence-electron chi connectivity index (χ0n) is 18.4. The summed E-state index contributed by atoms with van der Waals surface area (Å²) in [5.41, 5.74) is -1.35. The smallest absolute Gasteiger partial charge is 0.388 e. The summed E-state index contributed by atoms with van der Waals surface area (Å²) in [6, 6.07) is 5.28. The highest BCUT2D eigenvalue weighted by molar-refractivity contribution is 6.00. The summed E-state index contributed by atoms with van der Waals surface area (Å²) in [7, 11) is 0. The van der Waals surface area contributed by atoms with Gasteiger partial charge in [-0.25, -0.2) is 0 Å². The molecule has 1 atom stereocenters. The molecule has 1 aromatic carbocycles. The van der Waals surface area contributed by atoms with Gasteiger partial charge in [0.05, 0.1) is 11.0 Å². The van der Waals surface area contributed by atoms with E-state index in [2.05, 4.69) is 0 Å². The molecule has 180 valence electrons. The second kappa shape index (κ2) is 7.43. The minimum absolute atomic E-state index is 0.0339. The number of alkyl halides is 3. The lowest BCUT2D eigenvalue weighted by atomic mass is 9.67. The van der Waals surface area contributed by atoms with Crippen molar-refractivity contribution < 1.29 is 33.0 Å². The number of rotatable bonds is 4. The Morgan fingerprint density at radius 2 is 1.58 bits per heavy atom. The van der Waals surface area contributed by atoms with Gasteiger partial charge in [-0.05, 0) is 69.1 Å². The molecule has 2 aliphatic carbocycles. The number of benzene rings is 1. The number of halogens is 3. The van der Waals surface area contributed by atoms with Gasteiger partial charge in [0.2, 0.25) is 11.8 Å². The lowest BCUT2D eigenvalue weighted by molar-refractivity contribution is -0.206. The molecule has 2 aliphatic heterocycles. The van der Waals surface area contributed by atoms with E-state index in [0.29, 0.717) is 57.3 Å². The van der Waals surface area contributed by atoms with E-state index in [1.54, 1.807) is 4.90 Å². The largest absolute Gasteiger partial charge is 0.418 e. The summed E-state index contributed by atoms with van der Waals surface area (Å²) in [4.78, 5) is 29.2. The molecule has 0 radical (unpaired) electrons. The van der Waals surface area contributed by atoms with E-state index in [0.717, 1.165) is 19.3 Å². The Balaban J connectivity index is 1.24. The molecule has 5 rings (SSSR count). The van der Waals surface area contributed by atoms with Gasteiger partial charge >= 0.3 is 6.18 Å². The number of amides is 2. The lowest BCUT2D eigenvalue weighted by Crippen LogP contribution is -2.51. The number of likely N-dealkylation sites (tertiary alicyclic amines) is 1. The predicted octanol–water partition coefficient (Wildman–Crippen LogP) is 3.47. The molecule has 2 saturated carbocycles. The molecule has 9 heteroatoms. The van der Waals surface area contributed by atoms with E-state index in [4.69, 9.17) is 0 Å². The van der Waals surface area contributed by atoms with Crippen LogP contribution in [0.3, 0.4) is 0 Å². The number of carbonyl (C=O) groups excluding carboxylic acids is 2.